The Hall–Kier alpha value is -5.26. The van der Waals surface area contributed by atoms with Gasteiger partial charge in [0.05, 0.1) is 24.5 Å². The van der Waals surface area contributed by atoms with E-state index in [1.165, 1.54) is 12.1 Å². The molecule has 0 aliphatic heterocycles. The van der Waals surface area contributed by atoms with Gasteiger partial charge in [0.25, 0.3) is 0 Å². The number of hydrogen-bond donors (Lipinski definition) is 0. The predicted octanol–water partition coefficient (Wildman–Crippen LogP) is 4.81. The van der Waals surface area contributed by atoms with E-state index >= 15 is 0 Å². The first-order valence-corrected chi connectivity index (χ1v) is 15.0. The number of rotatable bonds is 14. The van der Waals surface area contributed by atoms with Crippen molar-refractivity contribution >= 4 is 21.9 Å². The van der Waals surface area contributed by atoms with E-state index in [9.17, 15) is 9.59 Å². The summed E-state index contributed by atoms with van der Waals surface area (Å²) in [5.74, 6) is 1.27. The summed E-state index contributed by atoms with van der Waals surface area (Å²) in [5, 5.41) is 18.8. The third kappa shape index (κ3) is 7.64. The van der Waals surface area contributed by atoms with Gasteiger partial charge in [-0.15, -0.1) is 10.2 Å². The smallest absolute Gasteiger partial charge is 0.336 e. The molecular weight excluding hydrogens is 576 g/mol. The maximum absolute atomic E-state index is 11.7. The molecule has 6 aromatic rings. The molecule has 0 fully saturated rings. The zero-order valence-corrected chi connectivity index (χ0v) is 25.3. The molecule has 6 rings (SSSR count). The molecule has 0 saturated carbocycles. The number of ether oxygens (including phenoxy) is 2. The van der Waals surface area contributed by atoms with Crippen LogP contribution in [0.15, 0.2) is 79.3 Å². The summed E-state index contributed by atoms with van der Waals surface area (Å²) >= 11 is 0. The lowest BCUT2D eigenvalue weighted by Crippen LogP contribution is -2.08. The molecule has 2 aromatic carbocycles. The summed E-state index contributed by atoms with van der Waals surface area (Å²) in [5.41, 5.74) is 3.95. The lowest BCUT2D eigenvalue weighted by atomic mass is 10.1. The van der Waals surface area contributed by atoms with Crippen LogP contribution in [0.2, 0.25) is 0 Å². The maximum atomic E-state index is 11.7. The number of aryl methyl sites for hydroxylation is 4. The highest BCUT2D eigenvalue weighted by Crippen LogP contribution is 2.23. The predicted molar refractivity (Wildman–Crippen MR) is 167 cm³/mol. The molecule has 0 spiro atoms. The minimum atomic E-state index is -0.370. The van der Waals surface area contributed by atoms with Crippen LogP contribution in [-0.4, -0.2) is 43.2 Å². The Morgan fingerprint density at radius 1 is 0.644 bits per heavy atom. The monoisotopic (exact) mass is 610 g/mol. The number of fused-ring (bicyclic) bond motifs is 2. The fourth-order valence-corrected chi connectivity index (χ4v) is 5.22. The second-order valence-corrected chi connectivity index (χ2v) is 11.0. The summed E-state index contributed by atoms with van der Waals surface area (Å²) < 4.78 is 25.8. The normalized spacial score (nSPS) is 11.4. The molecule has 232 valence electrons. The Morgan fingerprint density at radius 3 is 1.58 bits per heavy atom. The van der Waals surface area contributed by atoms with Gasteiger partial charge in [0, 0.05) is 47.4 Å². The van der Waals surface area contributed by atoms with Gasteiger partial charge in [0.2, 0.25) is 0 Å². The van der Waals surface area contributed by atoms with E-state index in [4.69, 9.17) is 18.3 Å². The molecule has 12 heteroatoms. The number of aromatic nitrogens is 6. The first-order chi connectivity index (χ1) is 21.9. The van der Waals surface area contributed by atoms with Crippen LogP contribution < -0.4 is 20.7 Å². The largest absolute Gasteiger partial charge is 0.492 e. The molecule has 0 bridgehead atoms. The molecule has 0 aliphatic rings. The average Bonchev–Trinajstić information content (AvgIpc) is 3.66. The van der Waals surface area contributed by atoms with Crippen LogP contribution in [0.5, 0.6) is 11.5 Å². The van der Waals surface area contributed by atoms with E-state index in [2.05, 4.69) is 20.6 Å². The highest BCUT2D eigenvalue weighted by atomic mass is 16.5. The summed E-state index contributed by atoms with van der Waals surface area (Å²) in [6.07, 6.45) is 8.66. The van der Waals surface area contributed by atoms with E-state index in [1.54, 1.807) is 21.5 Å². The van der Waals surface area contributed by atoms with Crippen LogP contribution in [-0.2, 0) is 25.9 Å². The molecule has 0 aliphatic carbocycles. The zero-order chi connectivity index (χ0) is 31.2. The van der Waals surface area contributed by atoms with E-state index in [0.717, 1.165) is 65.4 Å². The first-order valence-electron chi connectivity index (χ1n) is 15.0. The van der Waals surface area contributed by atoms with Crippen molar-refractivity contribution in [1.29, 1.82) is 0 Å². The second-order valence-electron chi connectivity index (χ2n) is 11.0. The van der Waals surface area contributed by atoms with E-state index in [-0.39, 0.29) is 11.3 Å². The van der Waals surface area contributed by atoms with Gasteiger partial charge in [0.1, 0.15) is 35.9 Å². The third-order valence-electron chi connectivity index (χ3n) is 7.56. The lowest BCUT2D eigenvalue weighted by Gasteiger charge is -2.07. The number of nitrogens with zero attached hydrogens (tertiary/aromatic N) is 6. The Balaban J connectivity index is 0.870. The third-order valence-corrected chi connectivity index (χ3v) is 7.56. The van der Waals surface area contributed by atoms with Gasteiger partial charge in [0.15, 0.2) is 0 Å². The zero-order valence-electron chi connectivity index (χ0n) is 25.3. The van der Waals surface area contributed by atoms with Crippen molar-refractivity contribution in [2.45, 2.75) is 59.0 Å². The van der Waals surface area contributed by atoms with Gasteiger partial charge in [-0.1, -0.05) is 16.8 Å². The molecule has 0 atom stereocenters. The Morgan fingerprint density at radius 2 is 1.11 bits per heavy atom. The topological polar surface area (TPSA) is 140 Å². The summed E-state index contributed by atoms with van der Waals surface area (Å²) in [6.45, 7) is 5.72. The molecule has 0 N–H and O–H groups in total. The molecule has 0 radical (unpaired) electrons. The quantitative estimate of drug-likeness (QED) is 0.125. The minimum Gasteiger partial charge on any atom is -0.492 e. The SMILES string of the molecule is Cc1cc(=O)oc2cc(OCCn3cc(CCCCCc4cn(CCOc5ccc6c(C)cc(=O)oc6c5)nn4)nn3)ccc12. The van der Waals surface area contributed by atoms with E-state index in [1.807, 2.05) is 50.5 Å². The molecule has 45 heavy (non-hydrogen) atoms. The molecule has 4 aromatic heterocycles. The molecule has 12 nitrogen and oxygen atoms in total. The van der Waals surface area contributed by atoms with E-state index < -0.39 is 0 Å². The second kappa shape index (κ2) is 13.6. The standard InChI is InChI=1S/C33H34N6O6/c1-22-16-32(40)44-30-18-26(8-10-28(22)30)42-14-12-38-20-24(34-36-38)6-4-3-5-7-25-21-39(37-35-25)13-15-43-27-9-11-29-23(2)17-33(41)45-31(29)19-27/h8-11,16-21H,3-7,12-15H2,1-2H3. The van der Waals surface area contributed by atoms with Crippen molar-refractivity contribution in [1.82, 2.24) is 30.0 Å². The van der Waals surface area contributed by atoms with Crippen LogP contribution >= 0.6 is 0 Å². The number of unbranched alkanes of at least 4 members (excludes halogenated alkanes) is 2. The highest BCUT2D eigenvalue weighted by molar-refractivity contribution is 5.82. The highest BCUT2D eigenvalue weighted by Gasteiger charge is 2.08. The van der Waals surface area contributed by atoms with Crippen molar-refractivity contribution < 1.29 is 18.3 Å². The van der Waals surface area contributed by atoms with Crippen molar-refractivity contribution in [3.05, 3.63) is 104 Å². The van der Waals surface area contributed by atoms with Crippen molar-refractivity contribution in [2.24, 2.45) is 0 Å². The van der Waals surface area contributed by atoms with Gasteiger partial charge in [-0.2, -0.15) is 0 Å². The molecule has 0 saturated heterocycles. The summed E-state index contributed by atoms with van der Waals surface area (Å²) in [7, 11) is 0. The van der Waals surface area contributed by atoms with Gasteiger partial charge in [-0.25, -0.2) is 19.0 Å². The summed E-state index contributed by atoms with van der Waals surface area (Å²) in [4.78, 5) is 23.3. The maximum Gasteiger partial charge on any atom is 0.336 e. The van der Waals surface area contributed by atoms with Gasteiger partial charge < -0.3 is 18.3 Å². The average molecular weight is 611 g/mol. The van der Waals surface area contributed by atoms with Gasteiger partial charge in [-0.05, 0) is 74.9 Å². The van der Waals surface area contributed by atoms with Crippen LogP contribution in [0.1, 0.15) is 41.8 Å². The van der Waals surface area contributed by atoms with Crippen molar-refractivity contribution in [2.75, 3.05) is 13.2 Å². The van der Waals surface area contributed by atoms with E-state index in [0.29, 0.717) is 49.0 Å². The Bertz CT molecular complexity index is 1900. The molecule has 0 amide bonds. The van der Waals surface area contributed by atoms with Crippen LogP contribution in [0, 0.1) is 13.8 Å². The molecule has 0 unspecified atom stereocenters. The Labute approximate surface area is 258 Å². The van der Waals surface area contributed by atoms with Crippen molar-refractivity contribution in [3.63, 3.8) is 0 Å². The lowest BCUT2D eigenvalue weighted by molar-refractivity contribution is 0.289. The minimum absolute atomic E-state index is 0.370. The fraction of sp³-hybridized carbons (Fsp3) is 0.333. The molecule has 4 heterocycles. The van der Waals surface area contributed by atoms with Gasteiger partial charge >= 0.3 is 11.3 Å². The number of benzene rings is 2. The summed E-state index contributed by atoms with van der Waals surface area (Å²) in [6, 6.07) is 14.0. The van der Waals surface area contributed by atoms with Crippen LogP contribution in [0.4, 0.5) is 0 Å². The van der Waals surface area contributed by atoms with Crippen molar-refractivity contribution in [3.8, 4) is 11.5 Å². The first kappa shape index (κ1) is 29.8. The van der Waals surface area contributed by atoms with Gasteiger partial charge in [-0.3, -0.25) is 0 Å². The Kier molecular flexibility index (Phi) is 8.99. The van der Waals surface area contributed by atoms with Crippen LogP contribution in [0.3, 0.4) is 0 Å². The number of hydrogen-bond acceptors (Lipinski definition) is 10. The fourth-order valence-electron chi connectivity index (χ4n) is 5.22. The van der Waals surface area contributed by atoms with Crippen LogP contribution in [0.25, 0.3) is 21.9 Å². The molecular formula is C33H34N6O6.